The Bertz CT molecular complexity index is 1750. The number of unbranched alkanes of at least 4 members (excludes halogenated alkanes) is 1. The van der Waals surface area contributed by atoms with Gasteiger partial charge in [-0.15, -0.1) is 11.8 Å². The predicted octanol–water partition coefficient (Wildman–Crippen LogP) is 10.3. The lowest BCUT2D eigenvalue weighted by Crippen LogP contribution is -2.60. The Balaban J connectivity index is 2.76. The number of hydrogen-bond acceptors (Lipinski definition) is 7. The Morgan fingerprint density at radius 2 is 1.56 bits per heavy atom. The maximum Gasteiger partial charge on any atom is 0.265 e. The number of carbonyl (C=O) groups is 2. The lowest BCUT2D eigenvalue weighted by Gasteiger charge is -2.60. The van der Waals surface area contributed by atoms with Gasteiger partial charge in [0.25, 0.3) is 10.1 Å². The SMILES string of the molecule is CCCCNC(=O)C(C)(CC(C)(CCC)C(C)(C)C#N)C(C)(CC)C(C)(CC)CC1(C)C(=O)N(CCC[N+](C)(C)CCCS(=O)(=O)O)CC1(C)SC(=S)c1ccccc1. The molecule has 1 fully saturated rings. The molecular formula is C47H81N4O5S3+. The number of rotatable bonds is 25. The maximum absolute atomic E-state index is 15.3. The molecule has 1 aromatic rings. The fourth-order valence-corrected chi connectivity index (χ4v) is 12.7. The summed E-state index contributed by atoms with van der Waals surface area (Å²) in [5.41, 5.74) is -3.07. The van der Waals surface area contributed by atoms with Crippen LogP contribution in [0.2, 0.25) is 0 Å². The molecule has 2 N–H and O–H groups in total. The van der Waals surface area contributed by atoms with Gasteiger partial charge in [0.2, 0.25) is 11.8 Å². The van der Waals surface area contributed by atoms with E-state index in [0.717, 1.165) is 54.8 Å². The number of nitrogens with zero attached hydrogens (tertiary/aromatic N) is 3. The van der Waals surface area contributed by atoms with Gasteiger partial charge in [-0.3, -0.25) is 14.1 Å². The van der Waals surface area contributed by atoms with Crippen LogP contribution in [0.15, 0.2) is 30.3 Å². The standard InChI is InChI=1S/C47H80N4O5S3/c1-15-19-28-49-39(52)44(9,34-43(8,27-16-2)41(5,6)35-48)46(11,18-4)42(7,17-3)33-45(10)40(53)50(29-23-30-51(13,14)31-24-32-59(54,55)56)36-47(45,12)58-38(57)37-25-21-20-22-26-37/h20-22,25-26H,15-19,23-24,27-34,36H2,1-14H3,(H-,49,52,54,55,56)/p+1. The van der Waals surface area contributed by atoms with Crippen LogP contribution in [-0.2, 0) is 19.7 Å². The minimum Gasteiger partial charge on any atom is -0.356 e. The number of nitrogens with one attached hydrogen (secondary N) is 1. The average molecular weight is 878 g/mol. The van der Waals surface area contributed by atoms with E-state index in [1.54, 1.807) is 11.8 Å². The number of likely N-dealkylation sites (tertiary alicyclic amines) is 1. The van der Waals surface area contributed by atoms with Crippen LogP contribution in [0.3, 0.4) is 0 Å². The van der Waals surface area contributed by atoms with Crippen LogP contribution < -0.4 is 5.32 Å². The second-order valence-electron chi connectivity index (χ2n) is 20.4. The van der Waals surface area contributed by atoms with Gasteiger partial charge in [0, 0.05) is 32.5 Å². The van der Waals surface area contributed by atoms with Crippen LogP contribution in [-0.4, -0.2) is 95.7 Å². The van der Waals surface area contributed by atoms with Crippen molar-refractivity contribution in [2.75, 3.05) is 52.6 Å². The Morgan fingerprint density at radius 1 is 0.966 bits per heavy atom. The second kappa shape index (κ2) is 20.4. The molecule has 0 aromatic heterocycles. The predicted molar refractivity (Wildman–Crippen MR) is 251 cm³/mol. The first-order valence-corrected chi connectivity index (χ1v) is 24.9. The average Bonchev–Trinajstić information content (AvgIpc) is 3.33. The quantitative estimate of drug-likeness (QED) is 0.0430. The highest BCUT2D eigenvalue weighted by Crippen LogP contribution is 2.67. The van der Waals surface area contributed by atoms with E-state index in [0.29, 0.717) is 56.3 Å². The number of carbonyl (C=O) groups excluding carboxylic acids is 2. The van der Waals surface area contributed by atoms with Crippen molar-refractivity contribution in [3.05, 3.63) is 35.9 Å². The summed E-state index contributed by atoms with van der Waals surface area (Å²) in [4.78, 5) is 32.4. The van der Waals surface area contributed by atoms with Crippen molar-refractivity contribution >= 4 is 50.1 Å². The fourth-order valence-electron chi connectivity index (χ4n) is 10.3. The van der Waals surface area contributed by atoms with Crippen molar-refractivity contribution in [3.63, 3.8) is 0 Å². The Morgan fingerprint density at radius 3 is 2.07 bits per heavy atom. The zero-order chi connectivity index (χ0) is 45.4. The number of nitriles is 1. The molecule has 1 aliphatic rings. The molecule has 59 heavy (non-hydrogen) atoms. The Labute approximate surface area is 369 Å². The van der Waals surface area contributed by atoms with Crippen molar-refractivity contribution in [3.8, 4) is 6.07 Å². The highest BCUT2D eigenvalue weighted by molar-refractivity contribution is 8.24. The zero-order valence-electron chi connectivity index (χ0n) is 39.3. The number of hydrogen-bond donors (Lipinski definition) is 2. The van der Waals surface area contributed by atoms with E-state index >= 15 is 9.59 Å². The summed E-state index contributed by atoms with van der Waals surface area (Å²) in [5.74, 6) is -0.154. The molecule has 1 aromatic carbocycles. The zero-order valence-corrected chi connectivity index (χ0v) is 41.8. The molecule has 9 nitrogen and oxygen atoms in total. The van der Waals surface area contributed by atoms with Crippen molar-refractivity contribution in [1.82, 2.24) is 10.2 Å². The molecule has 0 saturated carbocycles. The van der Waals surface area contributed by atoms with Crippen molar-refractivity contribution in [2.45, 2.75) is 152 Å². The normalized spacial score (nSPS) is 23.1. The first-order chi connectivity index (χ1) is 27.1. The van der Waals surface area contributed by atoms with Crippen LogP contribution >= 0.6 is 24.0 Å². The molecule has 6 unspecified atom stereocenters. The minimum atomic E-state index is -4.02. The summed E-state index contributed by atoms with van der Waals surface area (Å²) in [7, 11) is 0.0774. The van der Waals surface area contributed by atoms with E-state index in [1.165, 1.54) is 0 Å². The fraction of sp³-hybridized carbons (Fsp3) is 0.787. The van der Waals surface area contributed by atoms with Gasteiger partial charge in [-0.1, -0.05) is 117 Å². The van der Waals surface area contributed by atoms with E-state index in [-0.39, 0.29) is 17.6 Å². The third-order valence-electron chi connectivity index (χ3n) is 15.5. The topological polar surface area (TPSA) is 128 Å². The second-order valence-corrected chi connectivity index (χ2v) is 24.1. The number of thioether (sulfide) groups is 1. The van der Waals surface area contributed by atoms with E-state index in [1.807, 2.05) is 49.1 Å². The first-order valence-electron chi connectivity index (χ1n) is 22.1. The summed E-state index contributed by atoms with van der Waals surface area (Å²) in [6, 6.07) is 12.6. The minimum absolute atomic E-state index is 0.0234. The molecule has 1 saturated heterocycles. The van der Waals surface area contributed by atoms with Crippen LogP contribution in [0, 0.1) is 43.8 Å². The molecule has 0 bridgehead atoms. The van der Waals surface area contributed by atoms with Crippen LogP contribution in [0.5, 0.6) is 0 Å². The number of amides is 2. The molecule has 336 valence electrons. The van der Waals surface area contributed by atoms with Gasteiger partial charge in [-0.25, -0.2) is 0 Å². The summed E-state index contributed by atoms with van der Waals surface area (Å²) >= 11 is 7.76. The number of quaternary nitrogens is 1. The van der Waals surface area contributed by atoms with Gasteiger partial charge in [0.05, 0.1) is 64.2 Å². The molecule has 2 rings (SSSR count). The first kappa shape index (κ1) is 53.1. The molecule has 0 spiro atoms. The summed E-state index contributed by atoms with van der Waals surface area (Å²) in [5, 5.41) is 13.9. The monoisotopic (exact) mass is 878 g/mol. The van der Waals surface area contributed by atoms with E-state index in [9.17, 15) is 18.2 Å². The highest BCUT2D eigenvalue weighted by Gasteiger charge is 2.66. The number of benzene rings is 1. The lowest BCUT2D eigenvalue weighted by molar-refractivity contribution is -0.890. The van der Waals surface area contributed by atoms with Gasteiger partial charge in [0.15, 0.2) is 0 Å². The molecule has 2 amide bonds. The lowest BCUT2D eigenvalue weighted by atomic mass is 9.43. The van der Waals surface area contributed by atoms with Gasteiger partial charge < -0.3 is 14.7 Å². The summed E-state index contributed by atoms with van der Waals surface area (Å²) < 4.78 is 32.7. The molecular weight excluding hydrogens is 797 g/mol. The van der Waals surface area contributed by atoms with Gasteiger partial charge >= 0.3 is 0 Å². The molecule has 0 aliphatic carbocycles. The smallest absolute Gasteiger partial charge is 0.265 e. The Kier molecular flexibility index (Phi) is 18.4. The van der Waals surface area contributed by atoms with Gasteiger partial charge in [-0.2, -0.15) is 13.7 Å². The van der Waals surface area contributed by atoms with Crippen molar-refractivity contribution in [2.24, 2.45) is 32.5 Å². The third-order valence-corrected chi connectivity index (χ3v) is 18.3. The maximum atomic E-state index is 15.3. The molecule has 6 atom stereocenters. The summed E-state index contributed by atoms with van der Waals surface area (Å²) in [6.45, 7) is 28.9. The van der Waals surface area contributed by atoms with Crippen LogP contribution in [0.4, 0.5) is 0 Å². The Hall–Kier alpha value is -2.04. The van der Waals surface area contributed by atoms with Gasteiger partial charge in [0.1, 0.15) is 0 Å². The van der Waals surface area contributed by atoms with E-state index in [4.69, 9.17) is 12.2 Å². The number of thiocarbonyl (C=S) groups is 1. The largest absolute Gasteiger partial charge is 0.356 e. The molecule has 1 heterocycles. The van der Waals surface area contributed by atoms with Crippen LogP contribution in [0.25, 0.3) is 0 Å². The highest BCUT2D eigenvalue weighted by atomic mass is 32.2. The van der Waals surface area contributed by atoms with E-state index < -0.39 is 47.4 Å². The van der Waals surface area contributed by atoms with Crippen LogP contribution in [0.1, 0.15) is 153 Å². The molecule has 0 radical (unpaired) electrons. The van der Waals surface area contributed by atoms with Crippen molar-refractivity contribution in [1.29, 1.82) is 5.26 Å². The molecule has 1 aliphatic heterocycles. The summed E-state index contributed by atoms with van der Waals surface area (Å²) in [6.07, 6.45) is 7.14. The van der Waals surface area contributed by atoms with Crippen molar-refractivity contribution < 1.29 is 27.0 Å². The third kappa shape index (κ3) is 11.9. The van der Waals surface area contributed by atoms with E-state index in [2.05, 4.69) is 94.7 Å². The van der Waals surface area contributed by atoms with Gasteiger partial charge in [-0.05, 0) is 81.6 Å². The molecule has 12 heteroatoms.